The summed E-state index contributed by atoms with van der Waals surface area (Å²) in [6, 6.07) is 43.8. The predicted octanol–water partition coefficient (Wildman–Crippen LogP) is 20.0. The highest BCUT2D eigenvalue weighted by Crippen LogP contribution is 2.57. The van der Waals surface area contributed by atoms with E-state index in [0.717, 1.165) is 50.1 Å². The molecule has 4 aliphatic rings. The SMILES string of the molecule is [2H]c1c([2H])c([2H])c(-c2c([2H])c3c(c([2H])c2C(C)(C)C)N(c2c(-c4ccccc4)cc(C(C)(C)C)cc2-c2ccccc2)c2cc(C(C)(C)C)cc4c2B3c2c3c5c(c([2H])c2N4c2c(-c4ccccc4)cc(C(C)(C)C)cc2-c2ccccc2)Oc2c([2H])c([2H])c([2H])c([2H])c2B5c2c([2H])c([2H])c([2H])c([2H])c2O3)c([2H])c1[2H]. The van der Waals surface area contributed by atoms with Crippen LogP contribution in [0.3, 0.4) is 0 Å². The molecule has 0 saturated heterocycles. The molecule has 0 aromatic heterocycles. The highest BCUT2D eigenvalue weighted by molar-refractivity contribution is 7.03. The number of anilines is 6. The summed E-state index contributed by atoms with van der Waals surface area (Å²) < 4.78 is 174. The van der Waals surface area contributed by atoms with Crippen LogP contribution in [-0.4, -0.2) is 13.4 Å². The maximum atomic E-state index is 11.8. The van der Waals surface area contributed by atoms with Crippen LogP contribution >= 0.6 is 0 Å². The minimum atomic E-state index is -1.57. The molecule has 4 aliphatic heterocycles. The van der Waals surface area contributed by atoms with Gasteiger partial charge in [-0.1, -0.05) is 277 Å². The average Bonchev–Trinajstić information content (AvgIpc) is 0.662. The van der Waals surface area contributed by atoms with Crippen molar-refractivity contribution >= 4 is 80.3 Å². The monoisotopic (exact) mass is 1230 g/mol. The first-order chi connectivity index (χ1) is 51.9. The van der Waals surface area contributed by atoms with Gasteiger partial charge in [0.15, 0.2) is 0 Å². The van der Waals surface area contributed by atoms with Gasteiger partial charge in [0.1, 0.15) is 23.0 Å². The van der Waals surface area contributed by atoms with Crippen LogP contribution in [0.1, 0.15) is 127 Å². The summed E-state index contributed by atoms with van der Waals surface area (Å²) in [6.45, 7) is 21.9. The van der Waals surface area contributed by atoms with Gasteiger partial charge in [-0.05, 0) is 159 Å². The molecule has 0 N–H and O–H groups in total. The fourth-order valence-corrected chi connectivity index (χ4v) is 14.2. The zero-order chi connectivity index (χ0) is 78.7. The molecule has 0 saturated carbocycles. The molecule has 4 heterocycles. The minimum Gasteiger partial charge on any atom is -0.459 e. The molecule has 0 bridgehead atoms. The van der Waals surface area contributed by atoms with Gasteiger partial charge in [0, 0.05) is 56.5 Å². The topological polar surface area (TPSA) is 24.9 Å². The van der Waals surface area contributed by atoms with Crippen molar-refractivity contribution in [3.05, 3.63) is 277 Å². The molecule has 0 atom stereocenters. The Labute approximate surface area is 579 Å². The third kappa shape index (κ3) is 9.65. The van der Waals surface area contributed by atoms with E-state index in [1.165, 1.54) is 0 Å². The number of fused-ring (bicyclic) bond motifs is 9. The second-order valence-corrected chi connectivity index (χ2v) is 29.2. The van der Waals surface area contributed by atoms with E-state index >= 15 is 0 Å². The van der Waals surface area contributed by atoms with Crippen LogP contribution in [0.5, 0.6) is 23.0 Å². The lowest BCUT2D eigenvalue weighted by atomic mass is 9.30. The first kappa shape index (κ1) is 43.7. The zero-order valence-corrected chi connectivity index (χ0v) is 54.9. The first-order valence-electron chi connectivity index (χ1n) is 40.2. The van der Waals surface area contributed by atoms with Gasteiger partial charge in [-0.15, -0.1) is 0 Å². The van der Waals surface area contributed by atoms with Crippen molar-refractivity contribution in [3.8, 4) is 78.6 Å². The average molecular weight is 1230 g/mol. The van der Waals surface area contributed by atoms with Gasteiger partial charge in [-0.3, -0.25) is 0 Å². The lowest BCUT2D eigenvalue weighted by molar-refractivity contribution is 0.467. The third-order valence-electron chi connectivity index (χ3n) is 18.9. The number of hydrogen-bond acceptors (Lipinski definition) is 4. The molecule has 0 fully saturated rings. The van der Waals surface area contributed by atoms with E-state index in [2.05, 4.69) is 133 Å². The first-order valence-corrected chi connectivity index (χ1v) is 32.2. The summed E-state index contributed by atoms with van der Waals surface area (Å²) in [4.78, 5) is 4.16. The van der Waals surface area contributed by atoms with Crippen LogP contribution in [0.4, 0.5) is 34.1 Å². The standard InChI is InChI=1S/C88H78B2N2O2/c1-85(2,3)60-46-64(56-34-20-14-21-35-56)82(65(47-60)57-36-22-15-23-37-57)91-72-53-68(88(10,11)12)63(55-32-18-13-19-33-55)52-71(72)90-79-73(91)50-62(87(7,8)9)51-74(79)92(83-66(58-38-24-16-25-39-58)48-61(86(4,5)6)49-67(83)59-40-26-17-27-41-59)75-54-78-81-84(80(75)90)94-77-45-31-29-43-70(77)89(81)69-42-28-30-44-76(69)93-78/h13-54H,1-12H3/i13D,18D,19D,28D,29D,30D,31D,32D,33D,42D,43D,44D,45D,52D,53D,54D. The number of benzene rings is 12. The summed E-state index contributed by atoms with van der Waals surface area (Å²) >= 11 is 0. The van der Waals surface area contributed by atoms with Crippen molar-refractivity contribution in [2.75, 3.05) is 9.80 Å². The molecule has 458 valence electrons. The smallest absolute Gasteiger partial charge is 0.260 e. The highest BCUT2D eigenvalue weighted by atomic mass is 16.5. The van der Waals surface area contributed by atoms with Crippen molar-refractivity contribution in [1.82, 2.24) is 0 Å². The van der Waals surface area contributed by atoms with Crippen molar-refractivity contribution in [3.63, 3.8) is 0 Å². The van der Waals surface area contributed by atoms with Crippen LogP contribution in [0.15, 0.2) is 254 Å². The van der Waals surface area contributed by atoms with Crippen molar-refractivity contribution in [2.45, 2.75) is 105 Å². The molecule has 0 radical (unpaired) electrons. The van der Waals surface area contributed by atoms with Crippen molar-refractivity contribution < 1.29 is 31.4 Å². The Morgan fingerprint density at radius 3 is 1.16 bits per heavy atom. The van der Waals surface area contributed by atoms with Crippen molar-refractivity contribution in [1.29, 1.82) is 0 Å². The summed E-state index contributed by atoms with van der Waals surface area (Å²) in [7, 11) is 0. The molecular weight excluding hydrogens is 1140 g/mol. The van der Waals surface area contributed by atoms with Crippen LogP contribution in [0.25, 0.3) is 55.6 Å². The second kappa shape index (κ2) is 21.8. The Kier molecular flexibility index (Phi) is 10.1. The largest absolute Gasteiger partial charge is 0.459 e. The summed E-state index contributed by atoms with van der Waals surface area (Å²) in [5.74, 6) is -1.13. The van der Waals surface area contributed by atoms with E-state index in [1.54, 1.807) is 0 Å². The molecule has 94 heavy (non-hydrogen) atoms. The van der Waals surface area contributed by atoms with E-state index in [4.69, 9.17) is 10.8 Å². The van der Waals surface area contributed by atoms with Gasteiger partial charge in [0.25, 0.3) is 13.4 Å². The van der Waals surface area contributed by atoms with Crippen LogP contribution in [0, 0.1) is 0 Å². The van der Waals surface area contributed by atoms with Gasteiger partial charge < -0.3 is 19.3 Å². The predicted molar refractivity (Wildman–Crippen MR) is 400 cm³/mol. The molecule has 6 heteroatoms. The normalized spacial score (nSPS) is 16.0. The molecule has 4 nitrogen and oxygen atoms in total. The van der Waals surface area contributed by atoms with E-state index in [-0.39, 0.29) is 96.5 Å². The lowest BCUT2D eigenvalue weighted by Gasteiger charge is -2.48. The summed E-state index contributed by atoms with van der Waals surface area (Å²) in [6.07, 6.45) is 0. The Morgan fingerprint density at radius 1 is 0.319 bits per heavy atom. The summed E-state index contributed by atoms with van der Waals surface area (Å²) in [5.41, 5.74) is 8.32. The molecule has 0 spiro atoms. The Hall–Kier alpha value is -10.0. The van der Waals surface area contributed by atoms with Gasteiger partial charge in [-0.2, -0.15) is 0 Å². The fraction of sp³-hybridized carbons (Fsp3) is 0.182. The lowest BCUT2D eigenvalue weighted by Crippen LogP contribution is -2.65. The third-order valence-corrected chi connectivity index (χ3v) is 18.9. The zero-order valence-electron chi connectivity index (χ0n) is 70.9. The van der Waals surface area contributed by atoms with Crippen LogP contribution < -0.4 is 52.1 Å². The Morgan fingerprint density at radius 2 is 0.723 bits per heavy atom. The maximum Gasteiger partial charge on any atom is 0.260 e. The Balaban J connectivity index is 1.23. The molecule has 0 unspecified atom stereocenters. The van der Waals surface area contributed by atoms with Gasteiger partial charge in [0.2, 0.25) is 0 Å². The van der Waals surface area contributed by atoms with E-state index in [1.807, 2.05) is 118 Å². The molecule has 0 amide bonds. The van der Waals surface area contributed by atoms with E-state index in [9.17, 15) is 20.6 Å². The van der Waals surface area contributed by atoms with Gasteiger partial charge in [0.05, 0.1) is 33.3 Å². The van der Waals surface area contributed by atoms with Crippen LogP contribution in [0.2, 0.25) is 0 Å². The van der Waals surface area contributed by atoms with Crippen LogP contribution in [-0.2, 0) is 21.7 Å². The highest BCUT2D eigenvalue weighted by Gasteiger charge is 2.52. The summed E-state index contributed by atoms with van der Waals surface area (Å²) in [5, 5.41) is 0. The fourth-order valence-electron chi connectivity index (χ4n) is 14.2. The molecule has 0 aliphatic carbocycles. The Bertz CT molecular complexity index is 5820. The maximum absolute atomic E-state index is 11.8. The second-order valence-electron chi connectivity index (χ2n) is 29.2. The van der Waals surface area contributed by atoms with Crippen molar-refractivity contribution in [2.24, 2.45) is 0 Å². The molecule has 12 aromatic carbocycles. The minimum absolute atomic E-state index is 0.0102. The van der Waals surface area contributed by atoms with E-state index < -0.39 is 114 Å². The number of hydrogen-bond donors (Lipinski definition) is 0. The van der Waals surface area contributed by atoms with Gasteiger partial charge >= 0.3 is 0 Å². The number of para-hydroxylation sites is 2. The number of rotatable bonds is 7. The van der Waals surface area contributed by atoms with E-state index in [0.29, 0.717) is 39.3 Å². The number of nitrogens with zero attached hydrogens (tertiary/aromatic N) is 2. The molecule has 12 aromatic rings. The number of ether oxygens (including phenoxy) is 2. The molecule has 16 rings (SSSR count). The quantitative estimate of drug-likeness (QED) is 0.149. The van der Waals surface area contributed by atoms with Gasteiger partial charge in [-0.25, -0.2) is 0 Å². The molecular formula is C88H78B2N2O2.